The van der Waals surface area contributed by atoms with Gasteiger partial charge in [0, 0.05) is 49.0 Å². The highest BCUT2D eigenvalue weighted by molar-refractivity contribution is 7.17. The van der Waals surface area contributed by atoms with Gasteiger partial charge >= 0.3 is 0 Å². The lowest BCUT2D eigenvalue weighted by Crippen LogP contribution is -2.53. The van der Waals surface area contributed by atoms with E-state index in [1.165, 1.54) is 67.3 Å². The first-order chi connectivity index (χ1) is 13.8. The highest BCUT2D eigenvalue weighted by Gasteiger charge is 2.29. The second-order valence-corrected chi connectivity index (χ2v) is 9.63. The monoisotopic (exact) mass is 397 g/mol. The van der Waals surface area contributed by atoms with E-state index >= 15 is 0 Å². The Kier molecular flexibility index (Phi) is 5.40. The van der Waals surface area contributed by atoms with Crippen LogP contribution in [-0.4, -0.2) is 65.9 Å². The molecule has 0 radical (unpaired) electrons. The van der Waals surface area contributed by atoms with Crippen LogP contribution in [0.1, 0.15) is 54.4 Å². The lowest BCUT2D eigenvalue weighted by Gasteiger charge is -2.42. The number of carbonyl (C=O) groups is 1. The average molecular weight is 398 g/mol. The van der Waals surface area contributed by atoms with E-state index in [9.17, 15) is 4.79 Å². The number of rotatable bonds is 4. The summed E-state index contributed by atoms with van der Waals surface area (Å²) in [5.74, 6) is 0.209. The van der Waals surface area contributed by atoms with Gasteiger partial charge in [-0.2, -0.15) is 0 Å². The predicted molar refractivity (Wildman–Crippen MR) is 116 cm³/mol. The number of hydrogen-bond donors (Lipinski definition) is 0. The molecule has 1 aliphatic carbocycles. The van der Waals surface area contributed by atoms with Gasteiger partial charge in [-0.1, -0.05) is 18.9 Å². The summed E-state index contributed by atoms with van der Waals surface area (Å²) in [6, 6.07) is 7.15. The zero-order valence-electron chi connectivity index (χ0n) is 16.7. The molecule has 0 N–H and O–H groups in total. The zero-order chi connectivity index (χ0) is 18.9. The topological polar surface area (TPSA) is 26.8 Å². The number of piperazine rings is 1. The molecular formula is C23H31N3OS. The molecule has 3 aliphatic rings. The number of nitrogens with zero attached hydrogens (tertiary/aromatic N) is 3. The van der Waals surface area contributed by atoms with Gasteiger partial charge in [0.1, 0.15) is 0 Å². The van der Waals surface area contributed by atoms with Crippen molar-refractivity contribution in [2.24, 2.45) is 0 Å². The molecule has 2 aromatic rings. The van der Waals surface area contributed by atoms with E-state index in [0.29, 0.717) is 0 Å². The Hall–Kier alpha value is -1.43. The molecule has 0 atom stereocenters. The van der Waals surface area contributed by atoms with Crippen molar-refractivity contribution in [2.75, 3.05) is 39.3 Å². The largest absolute Gasteiger partial charge is 0.336 e. The van der Waals surface area contributed by atoms with Gasteiger partial charge in [0.05, 0.1) is 0 Å². The lowest BCUT2D eigenvalue weighted by atomic mass is 9.91. The Morgan fingerprint density at radius 3 is 2.46 bits per heavy atom. The highest BCUT2D eigenvalue weighted by Crippen LogP contribution is 2.30. The molecule has 3 fully saturated rings. The van der Waals surface area contributed by atoms with Crippen LogP contribution in [0.2, 0.25) is 0 Å². The second-order valence-electron chi connectivity index (χ2n) is 8.72. The Bertz CT molecular complexity index is 829. The quantitative estimate of drug-likeness (QED) is 0.774. The van der Waals surface area contributed by atoms with E-state index in [1.807, 2.05) is 0 Å². The van der Waals surface area contributed by atoms with Crippen LogP contribution in [0, 0.1) is 0 Å². The molecule has 0 bridgehead atoms. The first kappa shape index (κ1) is 18.6. The van der Waals surface area contributed by atoms with Crippen molar-refractivity contribution >= 4 is 27.3 Å². The summed E-state index contributed by atoms with van der Waals surface area (Å²) in [5, 5.41) is 3.63. The number of fused-ring (bicyclic) bond motifs is 1. The minimum absolute atomic E-state index is 0.209. The maximum Gasteiger partial charge on any atom is 0.253 e. The predicted octanol–water partition coefficient (Wildman–Crippen LogP) is 4.20. The molecule has 0 spiro atoms. The van der Waals surface area contributed by atoms with Crippen molar-refractivity contribution in [3.63, 3.8) is 0 Å². The van der Waals surface area contributed by atoms with E-state index in [2.05, 4.69) is 38.3 Å². The zero-order valence-corrected chi connectivity index (χ0v) is 17.6. The fraction of sp³-hybridized carbons (Fsp3) is 0.609. The number of carbonyl (C=O) groups excluding carboxylic acids is 1. The minimum Gasteiger partial charge on any atom is -0.336 e. The molecule has 1 amide bonds. The van der Waals surface area contributed by atoms with E-state index in [1.54, 1.807) is 11.3 Å². The SMILES string of the molecule is O=C(c1ccc2c(CN3CCCCC3)csc2c1)N1CCN(C2CCC2)CC1. The second kappa shape index (κ2) is 8.13. The van der Waals surface area contributed by atoms with Crippen LogP contribution in [0.3, 0.4) is 0 Å². The molecule has 5 heteroatoms. The average Bonchev–Trinajstić information content (AvgIpc) is 3.09. The van der Waals surface area contributed by atoms with Gasteiger partial charge in [0.25, 0.3) is 5.91 Å². The summed E-state index contributed by atoms with van der Waals surface area (Å²) in [6.45, 7) is 7.32. The summed E-state index contributed by atoms with van der Waals surface area (Å²) >= 11 is 1.79. The van der Waals surface area contributed by atoms with Crippen molar-refractivity contribution in [1.29, 1.82) is 0 Å². The maximum atomic E-state index is 13.0. The number of hydrogen-bond acceptors (Lipinski definition) is 4. The van der Waals surface area contributed by atoms with Crippen molar-refractivity contribution < 1.29 is 4.79 Å². The molecule has 3 heterocycles. The van der Waals surface area contributed by atoms with Crippen molar-refractivity contribution in [2.45, 2.75) is 51.1 Å². The molecule has 150 valence electrons. The summed E-state index contributed by atoms with van der Waals surface area (Å²) < 4.78 is 1.26. The highest BCUT2D eigenvalue weighted by atomic mass is 32.1. The van der Waals surface area contributed by atoms with Gasteiger partial charge < -0.3 is 4.90 Å². The van der Waals surface area contributed by atoms with Crippen LogP contribution in [0.5, 0.6) is 0 Å². The summed E-state index contributed by atoms with van der Waals surface area (Å²) in [6.07, 6.45) is 8.11. The number of piperidine rings is 1. The number of benzene rings is 1. The Morgan fingerprint density at radius 2 is 1.75 bits per heavy atom. The summed E-state index contributed by atoms with van der Waals surface area (Å²) in [5.41, 5.74) is 2.28. The maximum absolute atomic E-state index is 13.0. The summed E-state index contributed by atoms with van der Waals surface area (Å²) in [7, 11) is 0. The van der Waals surface area contributed by atoms with Crippen molar-refractivity contribution in [1.82, 2.24) is 14.7 Å². The lowest BCUT2D eigenvalue weighted by molar-refractivity contribution is 0.0455. The molecule has 0 unspecified atom stereocenters. The van der Waals surface area contributed by atoms with E-state index < -0.39 is 0 Å². The molecule has 2 aliphatic heterocycles. The third-order valence-electron chi connectivity index (χ3n) is 6.94. The standard InChI is InChI=1S/C23H31N3OS/c27-23(26-13-11-25(12-14-26)20-5-4-6-20)18-7-8-21-19(17-28-22(21)15-18)16-24-9-2-1-3-10-24/h7-8,15,17,20H,1-6,9-14,16H2. The smallest absolute Gasteiger partial charge is 0.253 e. The number of amides is 1. The van der Waals surface area contributed by atoms with Gasteiger partial charge in [-0.25, -0.2) is 0 Å². The van der Waals surface area contributed by atoms with Crippen LogP contribution in [-0.2, 0) is 6.54 Å². The van der Waals surface area contributed by atoms with Crippen LogP contribution in [0.25, 0.3) is 10.1 Å². The fourth-order valence-corrected chi connectivity index (χ4v) is 5.91. The molecular weight excluding hydrogens is 366 g/mol. The van der Waals surface area contributed by atoms with Crippen LogP contribution < -0.4 is 0 Å². The Morgan fingerprint density at radius 1 is 0.964 bits per heavy atom. The van der Waals surface area contributed by atoms with Gasteiger partial charge in [0.2, 0.25) is 0 Å². The number of thiophene rings is 1. The third-order valence-corrected chi connectivity index (χ3v) is 7.93. The van der Waals surface area contributed by atoms with E-state index in [-0.39, 0.29) is 5.91 Å². The molecule has 1 aromatic carbocycles. The van der Waals surface area contributed by atoms with Crippen LogP contribution in [0.15, 0.2) is 23.6 Å². The van der Waals surface area contributed by atoms with E-state index in [0.717, 1.165) is 44.3 Å². The van der Waals surface area contributed by atoms with E-state index in [4.69, 9.17) is 0 Å². The Balaban J connectivity index is 1.25. The van der Waals surface area contributed by atoms with Crippen molar-refractivity contribution in [3.8, 4) is 0 Å². The summed E-state index contributed by atoms with van der Waals surface area (Å²) in [4.78, 5) is 20.2. The molecule has 1 aromatic heterocycles. The van der Waals surface area contributed by atoms with Crippen LogP contribution in [0.4, 0.5) is 0 Å². The van der Waals surface area contributed by atoms with Gasteiger partial charge in [-0.05, 0) is 67.2 Å². The third kappa shape index (κ3) is 3.72. The first-order valence-electron chi connectivity index (χ1n) is 11.0. The van der Waals surface area contributed by atoms with Crippen LogP contribution >= 0.6 is 11.3 Å². The molecule has 28 heavy (non-hydrogen) atoms. The molecule has 4 nitrogen and oxygen atoms in total. The first-order valence-corrected chi connectivity index (χ1v) is 11.9. The fourth-order valence-electron chi connectivity index (χ4n) is 4.92. The van der Waals surface area contributed by atoms with Gasteiger partial charge in [-0.15, -0.1) is 11.3 Å². The van der Waals surface area contributed by atoms with Gasteiger partial charge in [0.15, 0.2) is 0 Å². The van der Waals surface area contributed by atoms with Gasteiger partial charge in [-0.3, -0.25) is 14.6 Å². The molecule has 2 saturated heterocycles. The van der Waals surface area contributed by atoms with Crippen molar-refractivity contribution in [3.05, 3.63) is 34.7 Å². The molecule has 1 saturated carbocycles. The number of likely N-dealkylation sites (tertiary alicyclic amines) is 1. The minimum atomic E-state index is 0.209. The normalized spacial score (nSPS) is 22.5. The Labute approximate surface area is 172 Å². The molecule has 5 rings (SSSR count).